The zero-order valence-electron chi connectivity index (χ0n) is 29.9. The molecule has 0 atom stereocenters. The maximum Gasteiger partial charge on any atom is 0.164 e. The van der Waals surface area contributed by atoms with Crippen molar-refractivity contribution in [2.75, 3.05) is 0 Å². The van der Waals surface area contributed by atoms with E-state index in [1.165, 1.54) is 44.1 Å². The van der Waals surface area contributed by atoms with Gasteiger partial charge in [-0.3, -0.25) is 0 Å². The van der Waals surface area contributed by atoms with E-state index in [9.17, 15) is 0 Å². The summed E-state index contributed by atoms with van der Waals surface area (Å²) < 4.78 is 2.42. The summed E-state index contributed by atoms with van der Waals surface area (Å²) in [5, 5.41) is 2.47. The first kappa shape index (κ1) is 32.2. The van der Waals surface area contributed by atoms with E-state index in [0.717, 1.165) is 33.5 Å². The van der Waals surface area contributed by atoms with Gasteiger partial charge in [0, 0.05) is 38.7 Å². The van der Waals surface area contributed by atoms with E-state index in [2.05, 4.69) is 150 Å². The third kappa shape index (κ3) is 5.96. The molecule has 4 heteroatoms. The van der Waals surface area contributed by atoms with Crippen molar-refractivity contribution in [2.45, 2.75) is 0 Å². The number of rotatable bonds is 7. The fourth-order valence-corrected chi connectivity index (χ4v) is 7.67. The van der Waals surface area contributed by atoms with Crippen molar-refractivity contribution in [1.29, 1.82) is 0 Å². The second-order valence-corrected chi connectivity index (χ2v) is 13.6. The van der Waals surface area contributed by atoms with Gasteiger partial charge >= 0.3 is 0 Å². The summed E-state index contributed by atoms with van der Waals surface area (Å²) in [5.41, 5.74) is 13.4. The van der Waals surface area contributed by atoms with Gasteiger partial charge in [-0.25, -0.2) is 15.0 Å². The second kappa shape index (κ2) is 13.8. The number of para-hydroxylation sites is 2. The number of nitrogens with zero attached hydrogens (tertiary/aromatic N) is 4. The van der Waals surface area contributed by atoms with Crippen LogP contribution in [0.2, 0.25) is 0 Å². The summed E-state index contributed by atoms with van der Waals surface area (Å²) >= 11 is 0. The molecule has 0 aliphatic carbocycles. The van der Waals surface area contributed by atoms with E-state index in [1.807, 2.05) is 60.7 Å². The maximum atomic E-state index is 4.97. The van der Waals surface area contributed by atoms with Gasteiger partial charge in [0.05, 0.1) is 11.0 Å². The summed E-state index contributed by atoms with van der Waals surface area (Å²) in [4.78, 5) is 14.8. The smallest absolute Gasteiger partial charge is 0.164 e. The van der Waals surface area contributed by atoms with Crippen LogP contribution in [0.4, 0.5) is 0 Å². The molecule has 0 aliphatic rings. The summed E-state index contributed by atoms with van der Waals surface area (Å²) in [6.07, 6.45) is 0. The summed E-state index contributed by atoms with van der Waals surface area (Å²) in [6.45, 7) is 0. The first-order chi connectivity index (χ1) is 27.3. The Morgan fingerprint density at radius 1 is 0.309 bits per heavy atom. The minimum atomic E-state index is 0.641. The summed E-state index contributed by atoms with van der Waals surface area (Å²) in [7, 11) is 0. The quantitative estimate of drug-likeness (QED) is 0.166. The van der Waals surface area contributed by atoms with Crippen LogP contribution >= 0.6 is 0 Å². The van der Waals surface area contributed by atoms with Crippen LogP contribution in [0.3, 0.4) is 0 Å². The van der Waals surface area contributed by atoms with E-state index < -0.39 is 0 Å². The van der Waals surface area contributed by atoms with Crippen LogP contribution in [0.15, 0.2) is 206 Å². The zero-order chi connectivity index (χ0) is 36.6. The Labute approximate surface area is 319 Å². The van der Waals surface area contributed by atoms with Crippen molar-refractivity contribution < 1.29 is 0 Å². The Kier molecular flexibility index (Phi) is 8.12. The van der Waals surface area contributed by atoms with Gasteiger partial charge in [-0.05, 0) is 52.1 Å². The average molecular weight is 703 g/mol. The highest BCUT2D eigenvalue weighted by molar-refractivity contribution is 6.18. The van der Waals surface area contributed by atoms with Gasteiger partial charge in [0.25, 0.3) is 0 Å². The fourth-order valence-electron chi connectivity index (χ4n) is 7.67. The van der Waals surface area contributed by atoms with Crippen molar-refractivity contribution in [2.24, 2.45) is 0 Å². The Bertz CT molecular complexity index is 2880. The molecule has 258 valence electrons. The topological polar surface area (TPSA) is 43.6 Å². The first-order valence-corrected chi connectivity index (χ1v) is 18.5. The molecule has 10 rings (SSSR count). The standard InChI is InChI=1S/C51H34N4/c1-5-16-36(17-6-1)44-27-14-28-45-47-43(26-15-29-46(47)55(48(44)45)42-24-11-4-12-25-42)37-32-30-35(31-33-37)40-22-13-23-41(34-40)51-53-49(38-18-7-2-8-19-38)52-50(54-51)39-20-9-3-10-21-39/h1-34H. The van der Waals surface area contributed by atoms with Crippen molar-refractivity contribution >= 4 is 21.8 Å². The van der Waals surface area contributed by atoms with Gasteiger partial charge in [0.2, 0.25) is 0 Å². The van der Waals surface area contributed by atoms with Gasteiger partial charge in [0.15, 0.2) is 17.5 Å². The number of hydrogen-bond donors (Lipinski definition) is 0. The van der Waals surface area contributed by atoms with Crippen molar-refractivity contribution in [3.8, 4) is 73.2 Å². The highest BCUT2D eigenvalue weighted by Gasteiger charge is 2.19. The van der Waals surface area contributed by atoms with E-state index in [-0.39, 0.29) is 0 Å². The van der Waals surface area contributed by atoms with Gasteiger partial charge in [0.1, 0.15) is 0 Å². The third-order valence-electron chi connectivity index (χ3n) is 10.3. The summed E-state index contributed by atoms with van der Waals surface area (Å²) in [5.74, 6) is 1.94. The van der Waals surface area contributed by atoms with Gasteiger partial charge in [-0.15, -0.1) is 0 Å². The van der Waals surface area contributed by atoms with E-state index in [0.29, 0.717) is 17.5 Å². The molecular formula is C51H34N4. The highest BCUT2D eigenvalue weighted by atomic mass is 15.0. The molecule has 0 unspecified atom stereocenters. The Morgan fingerprint density at radius 2 is 0.764 bits per heavy atom. The van der Waals surface area contributed by atoms with Crippen molar-refractivity contribution in [1.82, 2.24) is 19.5 Å². The normalized spacial score (nSPS) is 11.3. The van der Waals surface area contributed by atoms with Crippen molar-refractivity contribution in [3.63, 3.8) is 0 Å². The van der Waals surface area contributed by atoms with Crippen LogP contribution in [-0.2, 0) is 0 Å². The lowest BCUT2D eigenvalue weighted by Crippen LogP contribution is -2.00. The molecule has 0 radical (unpaired) electrons. The number of hydrogen-bond acceptors (Lipinski definition) is 3. The minimum absolute atomic E-state index is 0.641. The molecule has 10 aromatic rings. The molecular weight excluding hydrogens is 669 g/mol. The molecule has 0 saturated heterocycles. The van der Waals surface area contributed by atoms with Crippen LogP contribution in [0, 0.1) is 0 Å². The first-order valence-electron chi connectivity index (χ1n) is 18.5. The predicted molar refractivity (Wildman–Crippen MR) is 227 cm³/mol. The van der Waals surface area contributed by atoms with E-state index in [4.69, 9.17) is 15.0 Å². The predicted octanol–water partition coefficient (Wildman–Crippen LogP) is 13.0. The Hall–Kier alpha value is -7.43. The SMILES string of the molecule is c1ccc(-c2nc(-c3ccccc3)nc(-c3cccc(-c4ccc(-c5cccc6c5c5cccc(-c7ccccc7)c5n6-c5ccccc5)cc4)c3)n2)cc1. The third-order valence-corrected chi connectivity index (χ3v) is 10.3. The molecule has 0 bridgehead atoms. The monoisotopic (exact) mass is 702 g/mol. The van der Waals surface area contributed by atoms with Crippen molar-refractivity contribution in [3.05, 3.63) is 206 Å². The molecule has 0 aliphatic heterocycles. The molecule has 0 spiro atoms. The maximum absolute atomic E-state index is 4.97. The zero-order valence-corrected chi connectivity index (χ0v) is 29.9. The van der Waals surface area contributed by atoms with Gasteiger partial charge in [-0.1, -0.05) is 182 Å². The van der Waals surface area contributed by atoms with Crippen LogP contribution < -0.4 is 0 Å². The molecule has 55 heavy (non-hydrogen) atoms. The lowest BCUT2D eigenvalue weighted by Gasteiger charge is -2.11. The lowest BCUT2D eigenvalue weighted by molar-refractivity contribution is 1.07. The van der Waals surface area contributed by atoms with Crippen LogP contribution in [-0.4, -0.2) is 19.5 Å². The van der Waals surface area contributed by atoms with Gasteiger partial charge < -0.3 is 4.57 Å². The van der Waals surface area contributed by atoms with Crippen LogP contribution in [0.25, 0.3) is 95.0 Å². The minimum Gasteiger partial charge on any atom is -0.309 e. The molecule has 2 aromatic heterocycles. The molecule has 0 N–H and O–H groups in total. The highest BCUT2D eigenvalue weighted by Crippen LogP contribution is 2.42. The fraction of sp³-hybridized carbons (Fsp3) is 0. The molecule has 0 amide bonds. The number of fused-ring (bicyclic) bond motifs is 3. The molecule has 4 nitrogen and oxygen atoms in total. The van der Waals surface area contributed by atoms with Crippen LogP contribution in [0.5, 0.6) is 0 Å². The number of benzene rings is 8. The molecule has 0 fully saturated rings. The molecule has 2 heterocycles. The summed E-state index contributed by atoms with van der Waals surface area (Å²) in [6, 6.07) is 72.3. The van der Waals surface area contributed by atoms with Gasteiger partial charge in [-0.2, -0.15) is 0 Å². The van der Waals surface area contributed by atoms with E-state index in [1.54, 1.807) is 0 Å². The largest absolute Gasteiger partial charge is 0.309 e. The Balaban J connectivity index is 1.07. The van der Waals surface area contributed by atoms with E-state index >= 15 is 0 Å². The van der Waals surface area contributed by atoms with Crippen LogP contribution in [0.1, 0.15) is 0 Å². The lowest BCUT2D eigenvalue weighted by atomic mass is 9.95. The molecule has 8 aromatic carbocycles. The Morgan fingerprint density at radius 3 is 1.40 bits per heavy atom. The average Bonchev–Trinajstić information content (AvgIpc) is 3.62. The molecule has 0 saturated carbocycles. The number of aromatic nitrogens is 4. The second-order valence-electron chi connectivity index (χ2n) is 13.6.